The smallest absolute Gasteiger partial charge is 0.229 e. The first-order chi connectivity index (χ1) is 12.9. The Morgan fingerprint density at radius 1 is 1.30 bits per heavy atom. The van der Waals surface area contributed by atoms with E-state index in [1.807, 2.05) is 23.6 Å². The molecule has 0 saturated heterocycles. The minimum atomic E-state index is -1.35. The van der Waals surface area contributed by atoms with Crippen molar-refractivity contribution in [3.8, 4) is 0 Å². The van der Waals surface area contributed by atoms with Gasteiger partial charge >= 0.3 is 0 Å². The second-order valence-electron chi connectivity index (χ2n) is 7.40. The molecule has 0 radical (unpaired) electrons. The molecule has 2 N–H and O–H groups in total. The van der Waals surface area contributed by atoms with Gasteiger partial charge in [0.25, 0.3) is 0 Å². The number of rotatable bonds is 5. The third kappa shape index (κ3) is 3.42. The Bertz CT molecular complexity index is 977. The van der Waals surface area contributed by atoms with Gasteiger partial charge in [0.05, 0.1) is 12.1 Å². The van der Waals surface area contributed by atoms with Crippen LogP contribution in [0.4, 0.5) is 5.95 Å². The summed E-state index contributed by atoms with van der Waals surface area (Å²) < 4.78 is 2.03. The summed E-state index contributed by atoms with van der Waals surface area (Å²) in [7, 11) is 0. The van der Waals surface area contributed by atoms with Gasteiger partial charge in [-0.2, -0.15) is 0 Å². The molecular weight excluding hydrogens is 342 g/mol. The molecule has 3 heterocycles. The van der Waals surface area contributed by atoms with Crippen LogP contribution < -0.4 is 5.32 Å². The Morgan fingerprint density at radius 3 is 2.78 bits per heavy atom. The number of aryl methyl sites for hydroxylation is 1. The number of hydrogen-bond acceptors (Lipinski definition) is 5. The maximum atomic E-state index is 12.7. The average molecular weight is 365 g/mol. The minimum absolute atomic E-state index is 0.107. The maximum absolute atomic E-state index is 12.7. The maximum Gasteiger partial charge on any atom is 0.229 e. The van der Waals surface area contributed by atoms with E-state index in [2.05, 4.69) is 20.3 Å². The lowest BCUT2D eigenvalue weighted by atomic mass is 9.93. The van der Waals surface area contributed by atoms with E-state index in [0.29, 0.717) is 17.7 Å². The van der Waals surface area contributed by atoms with E-state index in [1.165, 1.54) is 0 Å². The number of anilines is 1. The van der Waals surface area contributed by atoms with E-state index in [4.69, 9.17) is 0 Å². The highest BCUT2D eigenvalue weighted by molar-refractivity contribution is 5.91. The molecule has 0 aromatic carbocycles. The molecule has 0 unspecified atom stereocenters. The average Bonchev–Trinajstić information content (AvgIpc) is 2.91. The molecule has 1 aliphatic carbocycles. The number of nitrogens with zero attached hydrogens (tertiary/aromatic N) is 4. The van der Waals surface area contributed by atoms with E-state index in [-0.39, 0.29) is 12.3 Å². The van der Waals surface area contributed by atoms with E-state index < -0.39 is 5.60 Å². The van der Waals surface area contributed by atoms with Crippen LogP contribution in [0.25, 0.3) is 11.2 Å². The van der Waals surface area contributed by atoms with Crippen LogP contribution in [0.3, 0.4) is 0 Å². The van der Waals surface area contributed by atoms with Gasteiger partial charge in [-0.05, 0) is 57.4 Å². The fourth-order valence-corrected chi connectivity index (χ4v) is 3.40. The van der Waals surface area contributed by atoms with E-state index in [0.717, 1.165) is 36.1 Å². The second kappa shape index (κ2) is 6.74. The number of aromatic nitrogens is 4. The Kier molecular flexibility index (Phi) is 4.39. The predicted octanol–water partition coefficient (Wildman–Crippen LogP) is 3.10. The molecule has 4 rings (SSSR count). The standard InChI is InChI=1S/C20H23N5O2/c1-13-9-10-15-18(22-13)25(14-6-5-7-14)19(23-15)24-17(26)12-20(2,27)16-8-3-4-11-21-16/h3-4,8-11,14,27H,5-7,12H2,1-2H3,(H,23,24,26)/t20-/m1/s1. The molecule has 3 aromatic rings. The highest BCUT2D eigenvalue weighted by atomic mass is 16.3. The quantitative estimate of drug-likeness (QED) is 0.725. The summed E-state index contributed by atoms with van der Waals surface area (Å²) >= 11 is 0. The van der Waals surface area contributed by atoms with Gasteiger partial charge < -0.3 is 5.11 Å². The minimum Gasteiger partial charge on any atom is -0.383 e. The van der Waals surface area contributed by atoms with E-state index in [1.54, 1.807) is 31.3 Å². The molecule has 0 bridgehead atoms. The zero-order chi connectivity index (χ0) is 19.0. The summed E-state index contributed by atoms with van der Waals surface area (Å²) in [6.07, 6.45) is 4.76. The van der Waals surface area contributed by atoms with Gasteiger partial charge in [0.15, 0.2) is 5.65 Å². The number of amides is 1. The van der Waals surface area contributed by atoms with Crippen molar-refractivity contribution in [3.05, 3.63) is 47.9 Å². The van der Waals surface area contributed by atoms with E-state index >= 15 is 0 Å². The van der Waals surface area contributed by atoms with Gasteiger partial charge in [-0.15, -0.1) is 0 Å². The molecule has 0 aliphatic heterocycles. The molecular formula is C20H23N5O2. The highest BCUT2D eigenvalue weighted by Gasteiger charge is 2.30. The number of carbonyl (C=O) groups is 1. The van der Waals surface area contributed by atoms with Crippen LogP contribution in [-0.2, 0) is 10.4 Å². The molecule has 3 aromatic heterocycles. The van der Waals surface area contributed by atoms with Crippen LogP contribution >= 0.6 is 0 Å². The molecule has 7 heteroatoms. The Balaban J connectivity index is 1.60. The van der Waals surface area contributed by atoms with E-state index in [9.17, 15) is 9.90 Å². The lowest BCUT2D eigenvalue weighted by Gasteiger charge is -2.29. The molecule has 1 amide bonds. The highest BCUT2D eigenvalue weighted by Crippen LogP contribution is 2.37. The fraction of sp³-hybridized carbons (Fsp3) is 0.400. The van der Waals surface area contributed by atoms with Crippen molar-refractivity contribution in [3.63, 3.8) is 0 Å². The lowest BCUT2D eigenvalue weighted by molar-refractivity contribution is -0.121. The van der Waals surface area contributed by atoms with Crippen LogP contribution in [0.2, 0.25) is 0 Å². The molecule has 0 spiro atoms. The first-order valence-corrected chi connectivity index (χ1v) is 9.23. The topological polar surface area (TPSA) is 92.9 Å². The van der Waals surface area contributed by atoms with Crippen molar-refractivity contribution in [2.45, 2.75) is 51.2 Å². The van der Waals surface area contributed by atoms with Gasteiger partial charge in [0, 0.05) is 17.9 Å². The van der Waals surface area contributed by atoms with Gasteiger partial charge in [-0.1, -0.05) is 6.07 Å². The van der Waals surface area contributed by atoms with Crippen molar-refractivity contribution in [2.24, 2.45) is 0 Å². The molecule has 1 aliphatic rings. The van der Waals surface area contributed by atoms with Crippen LogP contribution in [0.15, 0.2) is 36.5 Å². The van der Waals surface area contributed by atoms with Crippen LogP contribution in [-0.4, -0.2) is 30.5 Å². The predicted molar refractivity (Wildman–Crippen MR) is 102 cm³/mol. The normalized spacial score (nSPS) is 16.7. The van der Waals surface area contributed by atoms with Crippen molar-refractivity contribution in [2.75, 3.05) is 5.32 Å². The number of nitrogens with one attached hydrogen (secondary N) is 1. The molecule has 27 heavy (non-hydrogen) atoms. The Hall–Kier alpha value is -2.80. The molecule has 1 atom stereocenters. The summed E-state index contributed by atoms with van der Waals surface area (Å²) in [4.78, 5) is 26.0. The van der Waals surface area contributed by atoms with Crippen LogP contribution in [0, 0.1) is 6.92 Å². The zero-order valence-corrected chi connectivity index (χ0v) is 15.5. The largest absolute Gasteiger partial charge is 0.383 e. The second-order valence-corrected chi connectivity index (χ2v) is 7.40. The number of hydrogen-bond donors (Lipinski definition) is 2. The van der Waals surface area contributed by atoms with Crippen molar-refractivity contribution in [1.82, 2.24) is 19.5 Å². The van der Waals surface area contributed by atoms with Gasteiger partial charge in [-0.3, -0.25) is 19.7 Å². The first kappa shape index (κ1) is 17.6. The van der Waals surface area contributed by atoms with Gasteiger partial charge in [0.1, 0.15) is 11.1 Å². The monoisotopic (exact) mass is 365 g/mol. The van der Waals surface area contributed by atoms with Gasteiger partial charge in [0.2, 0.25) is 11.9 Å². The molecule has 1 fully saturated rings. The summed E-state index contributed by atoms with van der Waals surface area (Å²) in [5, 5.41) is 13.6. The van der Waals surface area contributed by atoms with Crippen molar-refractivity contribution in [1.29, 1.82) is 0 Å². The van der Waals surface area contributed by atoms with Crippen LogP contribution in [0.5, 0.6) is 0 Å². The number of pyridine rings is 2. The summed E-state index contributed by atoms with van der Waals surface area (Å²) in [5.74, 6) is 0.188. The zero-order valence-electron chi connectivity index (χ0n) is 15.5. The molecule has 1 saturated carbocycles. The number of aliphatic hydroxyl groups is 1. The first-order valence-electron chi connectivity index (χ1n) is 9.23. The Labute approximate surface area is 157 Å². The third-order valence-electron chi connectivity index (χ3n) is 5.09. The molecule has 140 valence electrons. The van der Waals surface area contributed by atoms with Crippen molar-refractivity contribution < 1.29 is 9.90 Å². The number of imidazole rings is 1. The summed E-state index contributed by atoms with van der Waals surface area (Å²) in [6, 6.07) is 9.42. The van der Waals surface area contributed by atoms with Gasteiger partial charge in [-0.25, -0.2) is 9.97 Å². The Morgan fingerprint density at radius 2 is 2.11 bits per heavy atom. The molecule has 7 nitrogen and oxygen atoms in total. The fourth-order valence-electron chi connectivity index (χ4n) is 3.40. The van der Waals surface area contributed by atoms with Crippen molar-refractivity contribution >= 4 is 23.0 Å². The third-order valence-corrected chi connectivity index (χ3v) is 5.09. The lowest BCUT2D eigenvalue weighted by Crippen LogP contribution is -2.30. The summed E-state index contributed by atoms with van der Waals surface area (Å²) in [5.41, 5.74) is 1.59. The number of fused-ring (bicyclic) bond motifs is 1. The SMILES string of the molecule is Cc1ccc2nc(NC(=O)C[C@@](C)(O)c3ccccn3)n(C3CCC3)c2n1. The number of carbonyl (C=O) groups excluding carboxylic acids is 1. The van der Waals surface area contributed by atoms with Crippen LogP contribution in [0.1, 0.15) is 50.0 Å². The summed E-state index contributed by atoms with van der Waals surface area (Å²) in [6.45, 7) is 3.54.